The summed E-state index contributed by atoms with van der Waals surface area (Å²) < 4.78 is 0. The molecule has 0 saturated carbocycles. The van der Waals surface area contributed by atoms with Crippen LogP contribution in [-0.4, -0.2) is 65.4 Å². The van der Waals surface area contributed by atoms with E-state index in [4.69, 9.17) is 10.2 Å². The molecular formula is C11H20N2O3. The van der Waals surface area contributed by atoms with Crippen molar-refractivity contribution < 1.29 is 15.0 Å². The number of likely N-dealkylation sites (tertiary alicyclic amines) is 2. The first kappa shape index (κ1) is 11.7. The van der Waals surface area contributed by atoms with Gasteiger partial charge in [0.25, 0.3) is 0 Å². The van der Waals surface area contributed by atoms with Crippen LogP contribution in [0, 0.1) is 11.8 Å². The molecule has 92 valence electrons. The third-order valence-electron chi connectivity index (χ3n) is 3.63. The van der Waals surface area contributed by atoms with Crippen LogP contribution in [0.15, 0.2) is 0 Å². The molecule has 5 heteroatoms. The number of carbonyl (C=O) groups excluding carboxylic acids is 1. The number of urea groups is 1. The van der Waals surface area contributed by atoms with E-state index >= 15 is 0 Å². The highest BCUT2D eigenvalue weighted by atomic mass is 16.3. The quantitative estimate of drug-likeness (QED) is 0.684. The smallest absolute Gasteiger partial charge is 0.320 e. The van der Waals surface area contributed by atoms with Crippen molar-refractivity contribution in [2.45, 2.75) is 12.8 Å². The van der Waals surface area contributed by atoms with Crippen LogP contribution in [-0.2, 0) is 0 Å². The van der Waals surface area contributed by atoms with E-state index < -0.39 is 0 Å². The van der Waals surface area contributed by atoms with Gasteiger partial charge >= 0.3 is 6.03 Å². The summed E-state index contributed by atoms with van der Waals surface area (Å²) in [7, 11) is 0. The van der Waals surface area contributed by atoms with E-state index in [9.17, 15) is 4.79 Å². The van der Waals surface area contributed by atoms with Crippen molar-refractivity contribution in [2.75, 3.05) is 39.4 Å². The van der Waals surface area contributed by atoms with Gasteiger partial charge in [-0.3, -0.25) is 0 Å². The summed E-state index contributed by atoms with van der Waals surface area (Å²) in [5, 5.41) is 18.1. The number of hydrogen-bond acceptors (Lipinski definition) is 3. The minimum atomic E-state index is 0.0758. The lowest BCUT2D eigenvalue weighted by molar-refractivity contribution is 0.162. The van der Waals surface area contributed by atoms with E-state index in [2.05, 4.69) is 0 Å². The summed E-state index contributed by atoms with van der Waals surface area (Å²) in [5.41, 5.74) is 0. The molecule has 0 aromatic heterocycles. The zero-order valence-corrected chi connectivity index (χ0v) is 9.51. The van der Waals surface area contributed by atoms with Gasteiger partial charge in [-0.1, -0.05) is 0 Å². The number of carbonyl (C=O) groups is 1. The van der Waals surface area contributed by atoms with Gasteiger partial charge < -0.3 is 20.0 Å². The molecule has 2 aliphatic heterocycles. The molecule has 16 heavy (non-hydrogen) atoms. The molecule has 0 aromatic carbocycles. The van der Waals surface area contributed by atoms with Crippen molar-refractivity contribution >= 4 is 6.03 Å². The first-order valence-corrected chi connectivity index (χ1v) is 6.00. The molecule has 0 aromatic rings. The molecule has 2 amide bonds. The van der Waals surface area contributed by atoms with Crippen molar-refractivity contribution in [3.63, 3.8) is 0 Å². The van der Waals surface area contributed by atoms with Crippen LogP contribution in [0.25, 0.3) is 0 Å². The Morgan fingerprint density at radius 1 is 1.00 bits per heavy atom. The Morgan fingerprint density at radius 3 is 1.75 bits per heavy atom. The fourth-order valence-electron chi connectivity index (χ4n) is 2.51. The van der Waals surface area contributed by atoms with E-state index in [-0.39, 0.29) is 31.1 Å². The second kappa shape index (κ2) is 5.01. The zero-order chi connectivity index (χ0) is 11.5. The van der Waals surface area contributed by atoms with Gasteiger partial charge in [0.2, 0.25) is 0 Å². The second-order valence-corrected chi connectivity index (χ2v) is 4.85. The highest BCUT2D eigenvalue weighted by molar-refractivity contribution is 5.75. The predicted molar refractivity (Wildman–Crippen MR) is 58.9 cm³/mol. The monoisotopic (exact) mass is 228 g/mol. The summed E-state index contributed by atoms with van der Waals surface area (Å²) in [6, 6.07) is 0.0758. The Hall–Kier alpha value is -0.810. The Morgan fingerprint density at radius 2 is 1.44 bits per heavy atom. The normalized spacial score (nSPS) is 30.1. The molecule has 2 aliphatic rings. The number of aliphatic hydroxyl groups excluding tert-OH is 2. The molecule has 0 spiro atoms. The lowest BCUT2D eigenvalue weighted by atomic mass is 10.1. The van der Waals surface area contributed by atoms with Crippen LogP contribution in [0.2, 0.25) is 0 Å². The molecule has 2 saturated heterocycles. The van der Waals surface area contributed by atoms with Gasteiger partial charge in [0, 0.05) is 51.2 Å². The van der Waals surface area contributed by atoms with Crippen molar-refractivity contribution in [3.8, 4) is 0 Å². The van der Waals surface area contributed by atoms with Crippen molar-refractivity contribution in [1.82, 2.24) is 9.80 Å². The third-order valence-corrected chi connectivity index (χ3v) is 3.63. The summed E-state index contributed by atoms with van der Waals surface area (Å²) in [6.45, 7) is 3.20. The van der Waals surface area contributed by atoms with Gasteiger partial charge in [0.15, 0.2) is 0 Å². The van der Waals surface area contributed by atoms with Gasteiger partial charge in [-0.2, -0.15) is 0 Å². The summed E-state index contributed by atoms with van der Waals surface area (Å²) in [4.78, 5) is 15.7. The standard InChI is InChI=1S/C11H20N2O3/c14-7-9-1-3-12(5-9)11(16)13-4-2-10(6-13)8-15/h9-10,14-15H,1-8H2. The molecule has 2 heterocycles. The first-order valence-electron chi connectivity index (χ1n) is 6.00. The van der Waals surface area contributed by atoms with E-state index in [1.165, 1.54) is 0 Å². The average molecular weight is 228 g/mol. The van der Waals surface area contributed by atoms with Gasteiger partial charge in [-0.05, 0) is 12.8 Å². The molecule has 2 fully saturated rings. The minimum absolute atomic E-state index is 0.0758. The summed E-state index contributed by atoms with van der Waals surface area (Å²) in [5.74, 6) is 0.500. The Balaban J connectivity index is 1.84. The average Bonchev–Trinajstić information content (AvgIpc) is 2.97. The number of amides is 2. The predicted octanol–water partition coefficient (Wildman–Crippen LogP) is -0.265. The van der Waals surface area contributed by atoms with E-state index in [0.29, 0.717) is 13.1 Å². The number of aliphatic hydroxyl groups is 2. The van der Waals surface area contributed by atoms with Crippen LogP contribution >= 0.6 is 0 Å². The van der Waals surface area contributed by atoms with Crippen LogP contribution in [0.4, 0.5) is 4.79 Å². The SMILES string of the molecule is O=C(N1CCC(CO)C1)N1CCC(CO)C1. The lowest BCUT2D eigenvalue weighted by Gasteiger charge is -2.24. The Labute approximate surface area is 95.6 Å². The fourth-order valence-corrected chi connectivity index (χ4v) is 2.51. The largest absolute Gasteiger partial charge is 0.396 e. The minimum Gasteiger partial charge on any atom is -0.396 e. The maximum absolute atomic E-state index is 12.1. The van der Waals surface area contributed by atoms with Gasteiger partial charge in [0.1, 0.15) is 0 Å². The molecule has 5 nitrogen and oxygen atoms in total. The van der Waals surface area contributed by atoms with Crippen molar-refractivity contribution in [2.24, 2.45) is 11.8 Å². The lowest BCUT2D eigenvalue weighted by Crippen LogP contribution is -2.41. The topological polar surface area (TPSA) is 64.0 Å². The summed E-state index contributed by atoms with van der Waals surface area (Å²) in [6.07, 6.45) is 1.80. The van der Waals surface area contributed by atoms with Crippen molar-refractivity contribution in [1.29, 1.82) is 0 Å². The molecule has 2 unspecified atom stereocenters. The number of hydrogen-bond donors (Lipinski definition) is 2. The number of rotatable bonds is 2. The maximum Gasteiger partial charge on any atom is 0.320 e. The van der Waals surface area contributed by atoms with Gasteiger partial charge in [-0.15, -0.1) is 0 Å². The van der Waals surface area contributed by atoms with Crippen LogP contribution in [0.3, 0.4) is 0 Å². The Bertz CT molecular complexity index is 236. The molecule has 2 N–H and O–H groups in total. The van der Waals surface area contributed by atoms with Gasteiger partial charge in [0.05, 0.1) is 0 Å². The highest BCUT2D eigenvalue weighted by Crippen LogP contribution is 2.21. The first-order chi connectivity index (χ1) is 7.74. The maximum atomic E-state index is 12.1. The number of nitrogens with zero attached hydrogens (tertiary/aromatic N) is 2. The summed E-state index contributed by atoms with van der Waals surface area (Å²) >= 11 is 0. The van der Waals surface area contributed by atoms with Crippen LogP contribution in [0.5, 0.6) is 0 Å². The molecule has 2 rings (SSSR count). The molecule has 0 radical (unpaired) electrons. The van der Waals surface area contributed by atoms with Crippen LogP contribution in [0.1, 0.15) is 12.8 Å². The Kier molecular flexibility index (Phi) is 3.66. The molecular weight excluding hydrogens is 208 g/mol. The molecule has 2 atom stereocenters. The zero-order valence-electron chi connectivity index (χ0n) is 9.51. The van der Waals surface area contributed by atoms with E-state index in [1.807, 2.05) is 9.80 Å². The van der Waals surface area contributed by atoms with E-state index in [0.717, 1.165) is 25.9 Å². The van der Waals surface area contributed by atoms with Crippen molar-refractivity contribution in [3.05, 3.63) is 0 Å². The second-order valence-electron chi connectivity index (χ2n) is 4.85. The van der Waals surface area contributed by atoms with E-state index in [1.54, 1.807) is 0 Å². The fraction of sp³-hybridized carbons (Fsp3) is 0.909. The third kappa shape index (κ3) is 2.30. The highest BCUT2D eigenvalue weighted by Gasteiger charge is 2.32. The van der Waals surface area contributed by atoms with Gasteiger partial charge in [-0.25, -0.2) is 4.79 Å². The van der Waals surface area contributed by atoms with Crippen LogP contribution < -0.4 is 0 Å². The molecule has 0 aliphatic carbocycles. The molecule has 0 bridgehead atoms.